The first-order valence-electron chi connectivity index (χ1n) is 30.0. The fourth-order valence-corrected chi connectivity index (χ4v) is 8.89. The van der Waals surface area contributed by atoms with Gasteiger partial charge in [-0.3, -0.25) is 14.4 Å². The number of carbonyl (C=O) groups excluding carboxylic acids is 3. The van der Waals surface area contributed by atoms with E-state index in [1.165, 1.54) is 205 Å². The first kappa shape index (κ1) is 65.6. The van der Waals surface area contributed by atoms with Crippen LogP contribution in [-0.4, -0.2) is 37.2 Å². The van der Waals surface area contributed by atoms with Crippen LogP contribution in [0.1, 0.15) is 323 Å². The maximum atomic E-state index is 12.9. The first-order chi connectivity index (χ1) is 33.5. The predicted octanol–water partition coefficient (Wildman–Crippen LogP) is 20.0. The minimum atomic E-state index is -0.774. The van der Waals surface area contributed by atoms with Crippen LogP contribution in [0.4, 0.5) is 0 Å². The van der Waals surface area contributed by atoms with E-state index in [-0.39, 0.29) is 31.1 Å². The molecular formula is C62H114O6. The molecule has 0 saturated heterocycles. The Kier molecular flexibility index (Phi) is 55.2. The second-order valence-corrected chi connectivity index (χ2v) is 20.2. The van der Waals surface area contributed by atoms with Gasteiger partial charge in [0.05, 0.1) is 0 Å². The molecule has 0 rings (SSSR count). The van der Waals surface area contributed by atoms with E-state index in [1.807, 2.05) is 0 Å². The van der Waals surface area contributed by atoms with E-state index in [2.05, 4.69) is 57.2 Å². The summed E-state index contributed by atoms with van der Waals surface area (Å²) in [6.07, 6.45) is 68.5. The van der Waals surface area contributed by atoms with Gasteiger partial charge in [-0.25, -0.2) is 0 Å². The van der Waals surface area contributed by atoms with Gasteiger partial charge in [0.15, 0.2) is 6.10 Å². The van der Waals surface area contributed by atoms with Gasteiger partial charge in [0.2, 0.25) is 0 Å². The minimum Gasteiger partial charge on any atom is -0.462 e. The van der Waals surface area contributed by atoms with Crippen LogP contribution in [0.5, 0.6) is 0 Å². The molecule has 0 radical (unpaired) electrons. The molecule has 0 heterocycles. The number of hydrogen-bond donors (Lipinski definition) is 0. The molecule has 0 aliphatic heterocycles. The third-order valence-electron chi connectivity index (χ3n) is 13.4. The summed E-state index contributed by atoms with van der Waals surface area (Å²) in [5.41, 5.74) is 0. The van der Waals surface area contributed by atoms with Crippen LogP contribution in [0.3, 0.4) is 0 Å². The van der Waals surface area contributed by atoms with Crippen LogP contribution in [0.2, 0.25) is 0 Å². The summed E-state index contributed by atoms with van der Waals surface area (Å²) in [5, 5.41) is 0. The second kappa shape index (κ2) is 57.2. The van der Waals surface area contributed by atoms with Crippen molar-refractivity contribution in [3.05, 3.63) is 36.5 Å². The average Bonchev–Trinajstić information content (AvgIpc) is 3.34. The summed E-state index contributed by atoms with van der Waals surface area (Å²) < 4.78 is 16.9. The number of allylic oxidation sites excluding steroid dienone is 6. The zero-order valence-electron chi connectivity index (χ0n) is 45.6. The third kappa shape index (κ3) is 54.6. The van der Waals surface area contributed by atoms with Gasteiger partial charge in [-0.15, -0.1) is 0 Å². The quantitative estimate of drug-likeness (QED) is 0.0262. The van der Waals surface area contributed by atoms with Gasteiger partial charge in [-0.1, -0.05) is 269 Å². The molecule has 0 aromatic heterocycles. The van der Waals surface area contributed by atoms with Gasteiger partial charge in [-0.2, -0.15) is 0 Å². The van der Waals surface area contributed by atoms with E-state index in [0.717, 1.165) is 77.0 Å². The fourth-order valence-electron chi connectivity index (χ4n) is 8.89. The number of esters is 3. The topological polar surface area (TPSA) is 78.9 Å². The minimum absolute atomic E-state index is 0.0732. The lowest BCUT2D eigenvalue weighted by atomic mass is 10.0. The Morgan fingerprint density at radius 2 is 0.574 bits per heavy atom. The van der Waals surface area contributed by atoms with Crippen LogP contribution in [0, 0.1) is 0 Å². The first-order valence-corrected chi connectivity index (χ1v) is 30.0. The van der Waals surface area contributed by atoms with E-state index in [9.17, 15) is 14.4 Å². The van der Waals surface area contributed by atoms with Crippen molar-refractivity contribution in [2.24, 2.45) is 0 Å². The van der Waals surface area contributed by atoms with Crippen LogP contribution in [0.25, 0.3) is 0 Å². The Morgan fingerprint density at radius 1 is 0.309 bits per heavy atom. The van der Waals surface area contributed by atoms with E-state index in [4.69, 9.17) is 14.2 Å². The fraction of sp³-hybridized carbons (Fsp3) is 0.855. The molecular weight excluding hydrogens is 841 g/mol. The molecule has 0 aliphatic rings. The lowest BCUT2D eigenvalue weighted by Crippen LogP contribution is -2.30. The largest absolute Gasteiger partial charge is 0.462 e. The van der Waals surface area contributed by atoms with Crippen molar-refractivity contribution in [2.45, 2.75) is 329 Å². The van der Waals surface area contributed by atoms with Crippen molar-refractivity contribution in [1.29, 1.82) is 0 Å². The summed E-state index contributed by atoms with van der Waals surface area (Å²) in [6.45, 7) is 6.57. The molecule has 398 valence electrons. The zero-order valence-corrected chi connectivity index (χ0v) is 45.6. The van der Waals surface area contributed by atoms with Crippen molar-refractivity contribution >= 4 is 17.9 Å². The van der Waals surface area contributed by atoms with Gasteiger partial charge in [0.1, 0.15) is 13.2 Å². The maximum Gasteiger partial charge on any atom is 0.306 e. The standard InChI is InChI=1S/C62H114O6/c1-4-7-10-13-16-19-22-25-28-30-31-33-34-37-40-43-46-49-52-55-61(64)67-58-59(57-66-60(63)54-51-48-45-42-39-36-27-24-21-18-15-12-9-6-3)68-62(65)56-53-50-47-44-41-38-35-32-29-26-23-20-17-14-11-8-5-2/h9,12,18,21,30-31,59H,4-8,10-11,13-17,19-20,22-29,32-58H2,1-3H3/b12-9-,21-18-,31-30-. The molecule has 6 heteroatoms. The number of rotatable bonds is 55. The van der Waals surface area contributed by atoms with E-state index in [1.54, 1.807) is 0 Å². The molecule has 0 amide bonds. The Bertz CT molecular complexity index is 1140. The molecule has 6 nitrogen and oxygen atoms in total. The van der Waals surface area contributed by atoms with Crippen molar-refractivity contribution in [3.8, 4) is 0 Å². The lowest BCUT2D eigenvalue weighted by Gasteiger charge is -2.18. The van der Waals surface area contributed by atoms with Crippen molar-refractivity contribution in [2.75, 3.05) is 13.2 Å². The number of carbonyl (C=O) groups is 3. The predicted molar refractivity (Wildman–Crippen MR) is 293 cm³/mol. The molecule has 0 aromatic rings. The molecule has 1 atom stereocenters. The molecule has 1 unspecified atom stereocenters. The Morgan fingerprint density at radius 3 is 0.897 bits per heavy atom. The lowest BCUT2D eigenvalue weighted by molar-refractivity contribution is -0.167. The van der Waals surface area contributed by atoms with Gasteiger partial charge < -0.3 is 14.2 Å². The zero-order chi connectivity index (χ0) is 49.3. The second-order valence-electron chi connectivity index (χ2n) is 20.2. The maximum absolute atomic E-state index is 12.9. The van der Waals surface area contributed by atoms with Gasteiger partial charge in [-0.05, 0) is 70.6 Å². The van der Waals surface area contributed by atoms with Crippen molar-refractivity contribution < 1.29 is 28.6 Å². The van der Waals surface area contributed by atoms with E-state index in [0.29, 0.717) is 19.3 Å². The van der Waals surface area contributed by atoms with Crippen molar-refractivity contribution in [1.82, 2.24) is 0 Å². The monoisotopic (exact) mass is 955 g/mol. The molecule has 0 spiro atoms. The van der Waals surface area contributed by atoms with Gasteiger partial charge in [0.25, 0.3) is 0 Å². The van der Waals surface area contributed by atoms with Gasteiger partial charge >= 0.3 is 17.9 Å². The van der Waals surface area contributed by atoms with Crippen molar-refractivity contribution in [3.63, 3.8) is 0 Å². The molecule has 0 fully saturated rings. The molecule has 0 bridgehead atoms. The summed E-state index contributed by atoms with van der Waals surface area (Å²) in [5.74, 6) is -0.865. The van der Waals surface area contributed by atoms with Crippen LogP contribution in [0.15, 0.2) is 36.5 Å². The highest BCUT2D eigenvalue weighted by Gasteiger charge is 2.19. The number of hydrogen-bond acceptors (Lipinski definition) is 6. The highest BCUT2D eigenvalue weighted by Crippen LogP contribution is 2.17. The van der Waals surface area contributed by atoms with Gasteiger partial charge in [0, 0.05) is 19.3 Å². The smallest absolute Gasteiger partial charge is 0.306 e. The van der Waals surface area contributed by atoms with Crippen LogP contribution < -0.4 is 0 Å². The molecule has 0 aliphatic carbocycles. The summed E-state index contributed by atoms with van der Waals surface area (Å²) in [6, 6.07) is 0. The average molecular weight is 956 g/mol. The van der Waals surface area contributed by atoms with Crippen LogP contribution >= 0.6 is 0 Å². The van der Waals surface area contributed by atoms with E-state index >= 15 is 0 Å². The van der Waals surface area contributed by atoms with E-state index < -0.39 is 6.10 Å². The molecule has 0 N–H and O–H groups in total. The number of ether oxygens (including phenoxy) is 3. The summed E-state index contributed by atoms with van der Waals surface area (Å²) in [4.78, 5) is 38.2. The SMILES string of the molecule is CC/C=C\C/C=C\CCCCCCCCCC(=O)OCC(COC(=O)CCCCCCCCC/C=C\CCCCCCCCCC)OC(=O)CCCCCCCCCCCCCCCCCCC. The van der Waals surface area contributed by atoms with Crippen LogP contribution in [-0.2, 0) is 28.6 Å². The number of unbranched alkanes of at least 4 members (excludes halogenated alkanes) is 38. The highest BCUT2D eigenvalue weighted by atomic mass is 16.6. The molecule has 68 heavy (non-hydrogen) atoms. The summed E-state index contributed by atoms with van der Waals surface area (Å²) in [7, 11) is 0. The Labute approximate surface area is 423 Å². The molecule has 0 saturated carbocycles. The Hall–Kier alpha value is -2.37. The Balaban J connectivity index is 4.33. The third-order valence-corrected chi connectivity index (χ3v) is 13.4. The highest BCUT2D eigenvalue weighted by molar-refractivity contribution is 5.71. The molecule has 0 aromatic carbocycles. The summed E-state index contributed by atoms with van der Waals surface area (Å²) >= 11 is 0. The normalized spacial score (nSPS) is 12.2.